The van der Waals surface area contributed by atoms with Crippen molar-refractivity contribution in [3.63, 3.8) is 0 Å². The number of alkyl halides is 3. The first kappa shape index (κ1) is 25.0. The maximum absolute atomic E-state index is 13.0. The van der Waals surface area contributed by atoms with Crippen LogP contribution in [0.25, 0.3) is 11.1 Å². The number of amides is 1. The quantitative estimate of drug-likeness (QED) is 0.374. The molecule has 5 nitrogen and oxygen atoms in total. The van der Waals surface area contributed by atoms with Crippen molar-refractivity contribution in [2.45, 2.75) is 55.8 Å². The predicted molar refractivity (Wildman–Crippen MR) is 125 cm³/mol. The van der Waals surface area contributed by atoms with E-state index >= 15 is 0 Å². The molecule has 2 N–H and O–H groups in total. The fraction of sp³-hybridized carbons (Fsp3) is 0.407. The first-order valence-electron chi connectivity index (χ1n) is 11.7. The summed E-state index contributed by atoms with van der Waals surface area (Å²) in [6, 6.07) is 17.1. The van der Waals surface area contributed by atoms with Crippen LogP contribution in [0.4, 0.5) is 13.2 Å². The van der Waals surface area contributed by atoms with Crippen LogP contribution in [0.2, 0.25) is 0 Å². The largest absolute Gasteiger partial charge is 0.481 e. The Morgan fingerprint density at radius 1 is 1.06 bits per heavy atom. The SMILES string of the molecule is O=C(O)CCC/C=C\C[C@H]1[C@H](NC(=O)C(F)(F)F)[C@@H]2C[C@@]1(c1ccc(-c3ccccc3)cc1)CO2. The van der Waals surface area contributed by atoms with Gasteiger partial charge in [0, 0.05) is 11.8 Å². The Morgan fingerprint density at radius 2 is 1.74 bits per heavy atom. The molecule has 186 valence electrons. The summed E-state index contributed by atoms with van der Waals surface area (Å²) in [5.41, 5.74) is 2.57. The molecule has 1 saturated heterocycles. The Balaban J connectivity index is 1.57. The third kappa shape index (κ3) is 5.42. The third-order valence-electron chi connectivity index (χ3n) is 7.10. The van der Waals surface area contributed by atoms with Crippen molar-refractivity contribution in [2.24, 2.45) is 5.92 Å². The van der Waals surface area contributed by atoms with E-state index in [-0.39, 0.29) is 12.3 Å². The molecule has 0 unspecified atom stereocenters. The molecule has 2 aromatic rings. The van der Waals surface area contributed by atoms with E-state index in [0.717, 1.165) is 16.7 Å². The minimum atomic E-state index is -4.97. The summed E-state index contributed by atoms with van der Waals surface area (Å²) in [5.74, 6) is -3.11. The lowest BCUT2D eigenvalue weighted by Gasteiger charge is -2.39. The van der Waals surface area contributed by atoms with E-state index < -0.39 is 35.6 Å². The number of unbranched alkanes of at least 4 members (excludes halogenated alkanes) is 1. The number of hydrogen-bond acceptors (Lipinski definition) is 3. The zero-order valence-electron chi connectivity index (χ0n) is 19.1. The van der Waals surface area contributed by atoms with Crippen LogP contribution in [0, 0.1) is 5.92 Å². The van der Waals surface area contributed by atoms with Crippen LogP contribution in [-0.2, 0) is 19.7 Å². The average molecular weight is 488 g/mol. The number of hydrogen-bond donors (Lipinski definition) is 2. The molecule has 0 spiro atoms. The highest BCUT2D eigenvalue weighted by Crippen LogP contribution is 2.54. The second-order valence-electron chi connectivity index (χ2n) is 9.25. The highest BCUT2D eigenvalue weighted by atomic mass is 19.4. The van der Waals surface area contributed by atoms with Crippen molar-refractivity contribution in [3.05, 3.63) is 72.3 Å². The Kier molecular flexibility index (Phi) is 7.31. The number of ether oxygens (including phenoxy) is 1. The van der Waals surface area contributed by atoms with Crippen LogP contribution < -0.4 is 5.32 Å². The van der Waals surface area contributed by atoms with E-state index in [9.17, 15) is 22.8 Å². The molecule has 1 aliphatic carbocycles. The lowest BCUT2D eigenvalue weighted by Crippen LogP contribution is -2.54. The topological polar surface area (TPSA) is 75.6 Å². The van der Waals surface area contributed by atoms with Crippen molar-refractivity contribution in [1.82, 2.24) is 5.32 Å². The number of rotatable bonds is 9. The Hall–Kier alpha value is -3.13. The molecule has 2 fully saturated rings. The zero-order chi connectivity index (χ0) is 25.1. The number of fused-ring (bicyclic) bond motifs is 2. The highest BCUT2D eigenvalue weighted by molar-refractivity contribution is 5.82. The first-order valence-corrected chi connectivity index (χ1v) is 11.7. The summed E-state index contributed by atoms with van der Waals surface area (Å²) in [5, 5.41) is 11.0. The molecular weight excluding hydrogens is 459 g/mol. The van der Waals surface area contributed by atoms with Crippen LogP contribution in [0.3, 0.4) is 0 Å². The molecule has 35 heavy (non-hydrogen) atoms. The fourth-order valence-corrected chi connectivity index (χ4v) is 5.40. The lowest BCUT2D eigenvalue weighted by molar-refractivity contribution is -0.176. The van der Waals surface area contributed by atoms with Gasteiger partial charge in [0.1, 0.15) is 0 Å². The number of carbonyl (C=O) groups is 2. The molecule has 4 rings (SSSR count). The molecule has 2 aliphatic rings. The molecule has 1 amide bonds. The fourth-order valence-electron chi connectivity index (χ4n) is 5.40. The number of carboxylic acids is 1. The van der Waals surface area contributed by atoms with Crippen LogP contribution in [0.1, 0.15) is 37.7 Å². The number of halogens is 3. The van der Waals surface area contributed by atoms with Gasteiger partial charge >= 0.3 is 18.1 Å². The van der Waals surface area contributed by atoms with E-state index in [4.69, 9.17) is 9.84 Å². The number of nitrogens with one attached hydrogen (secondary N) is 1. The van der Waals surface area contributed by atoms with Gasteiger partial charge in [-0.2, -0.15) is 13.2 Å². The second kappa shape index (κ2) is 10.2. The maximum atomic E-state index is 13.0. The number of aliphatic carboxylic acids is 1. The molecule has 0 aromatic heterocycles. The standard InChI is InChI=1S/C27H28F3NO4/c28-27(29,30)25(34)31-24-21(10-6-1-2-7-11-23(32)33)26(16-22(24)35-17-26)20-14-12-19(13-15-20)18-8-4-3-5-9-18/h1,3-6,8-9,12-15,21-22,24H,2,7,10-11,16-17H2,(H,31,34)(H,32,33)/b6-1-/t21-,22-,24-,26-/m0/s1. The van der Waals surface area contributed by atoms with Crippen molar-refractivity contribution >= 4 is 11.9 Å². The summed E-state index contributed by atoms with van der Waals surface area (Å²) in [6.45, 7) is 0.373. The van der Waals surface area contributed by atoms with Gasteiger partial charge in [0.05, 0.1) is 18.8 Å². The van der Waals surface area contributed by atoms with Crippen LogP contribution in [0.5, 0.6) is 0 Å². The van der Waals surface area contributed by atoms with Crippen molar-refractivity contribution in [1.29, 1.82) is 0 Å². The van der Waals surface area contributed by atoms with E-state index in [1.807, 2.05) is 66.7 Å². The van der Waals surface area contributed by atoms with Crippen LogP contribution in [0.15, 0.2) is 66.7 Å². The van der Waals surface area contributed by atoms with E-state index in [2.05, 4.69) is 5.32 Å². The van der Waals surface area contributed by atoms with Gasteiger partial charge in [-0.25, -0.2) is 0 Å². The van der Waals surface area contributed by atoms with E-state index in [0.29, 0.717) is 32.3 Å². The van der Waals surface area contributed by atoms with E-state index in [1.54, 1.807) is 0 Å². The highest BCUT2D eigenvalue weighted by Gasteiger charge is 2.60. The van der Waals surface area contributed by atoms with Crippen molar-refractivity contribution < 1.29 is 32.6 Å². The Morgan fingerprint density at radius 3 is 2.40 bits per heavy atom. The van der Waals surface area contributed by atoms with Crippen LogP contribution in [-0.4, -0.2) is 41.9 Å². The number of carbonyl (C=O) groups excluding carboxylic acids is 1. The van der Waals surface area contributed by atoms with Crippen molar-refractivity contribution in [3.8, 4) is 11.1 Å². The first-order chi connectivity index (χ1) is 16.7. The number of allylic oxidation sites excluding steroid dienone is 2. The number of benzene rings is 2. The molecule has 1 aliphatic heterocycles. The lowest BCUT2D eigenvalue weighted by atomic mass is 9.70. The molecule has 1 heterocycles. The normalized spacial score (nSPS) is 25.7. The minimum absolute atomic E-state index is 0.0612. The molecule has 0 radical (unpaired) electrons. The summed E-state index contributed by atoms with van der Waals surface area (Å²) in [6.07, 6.45) is 0.383. The zero-order valence-corrected chi connectivity index (χ0v) is 19.1. The second-order valence-corrected chi connectivity index (χ2v) is 9.25. The van der Waals surface area contributed by atoms with Gasteiger partial charge in [-0.15, -0.1) is 0 Å². The minimum Gasteiger partial charge on any atom is -0.481 e. The number of carboxylic acid groups (broad SMARTS) is 1. The predicted octanol–water partition coefficient (Wildman–Crippen LogP) is 5.26. The monoisotopic (exact) mass is 487 g/mol. The van der Waals surface area contributed by atoms with Gasteiger partial charge in [-0.05, 0) is 48.3 Å². The molecular formula is C27H28F3NO4. The van der Waals surface area contributed by atoms with Gasteiger partial charge < -0.3 is 15.2 Å². The molecule has 1 saturated carbocycles. The maximum Gasteiger partial charge on any atom is 0.471 e. The summed E-state index contributed by atoms with van der Waals surface area (Å²) >= 11 is 0. The van der Waals surface area contributed by atoms with Gasteiger partial charge in [0.2, 0.25) is 0 Å². The smallest absolute Gasteiger partial charge is 0.471 e. The Bertz CT molecular complexity index is 1070. The third-order valence-corrected chi connectivity index (χ3v) is 7.10. The van der Waals surface area contributed by atoms with Gasteiger partial charge in [0.25, 0.3) is 0 Å². The summed E-state index contributed by atoms with van der Waals surface area (Å²) < 4.78 is 45.0. The van der Waals surface area contributed by atoms with E-state index in [1.165, 1.54) is 0 Å². The van der Waals surface area contributed by atoms with Crippen molar-refractivity contribution in [2.75, 3.05) is 6.61 Å². The molecule has 8 heteroatoms. The molecule has 2 bridgehead atoms. The Labute approximate surface area is 202 Å². The molecule has 4 atom stereocenters. The summed E-state index contributed by atoms with van der Waals surface area (Å²) in [7, 11) is 0. The van der Waals surface area contributed by atoms with Gasteiger partial charge in [0.15, 0.2) is 0 Å². The van der Waals surface area contributed by atoms with Crippen LogP contribution >= 0.6 is 0 Å². The average Bonchev–Trinajstić information content (AvgIpc) is 3.40. The van der Waals surface area contributed by atoms with Gasteiger partial charge in [-0.3, -0.25) is 9.59 Å². The molecule has 2 aromatic carbocycles. The van der Waals surface area contributed by atoms with Gasteiger partial charge in [-0.1, -0.05) is 66.7 Å². The summed E-state index contributed by atoms with van der Waals surface area (Å²) in [4.78, 5) is 22.5.